The SMILES string of the molecule is Cc1cnc(CO)n1-c1cc(Cl)ccc1C(=O)c1ccccc1. The Balaban J connectivity index is 2.20. The molecule has 0 unspecified atom stereocenters. The first-order valence-electron chi connectivity index (χ1n) is 7.15. The number of rotatable bonds is 4. The predicted octanol–water partition coefficient (Wildman–Crippen LogP) is 3.56. The molecule has 116 valence electrons. The smallest absolute Gasteiger partial charge is 0.195 e. The summed E-state index contributed by atoms with van der Waals surface area (Å²) in [4.78, 5) is 17.0. The minimum atomic E-state index is -0.223. The first kappa shape index (κ1) is 15.5. The number of hydrogen-bond donors (Lipinski definition) is 1. The van der Waals surface area contributed by atoms with Crippen LogP contribution in [-0.4, -0.2) is 20.4 Å². The van der Waals surface area contributed by atoms with E-state index >= 15 is 0 Å². The van der Waals surface area contributed by atoms with Gasteiger partial charge in [0.15, 0.2) is 5.78 Å². The zero-order valence-corrected chi connectivity index (χ0v) is 13.3. The molecule has 0 spiro atoms. The van der Waals surface area contributed by atoms with E-state index in [0.29, 0.717) is 27.7 Å². The highest BCUT2D eigenvalue weighted by Gasteiger charge is 2.18. The van der Waals surface area contributed by atoms with Crippen LogP contribution in [0.4, 0.5) is 0 Å². The Morgan fingerprint density at radius 3 is 2.65 bits per heavy atom. The lowest BCUT2D eigenvalue weighted by atomic mass is 10.0. The number of aliphatic hydroxyl groups is 1. The van der Waals surface area contributed by atoms with Crippen LogP contribution in [0.15, 0.2) is 54.7 Å². The summed E-state index contributed by atoms with van der Waals surface area (Å²) >= 11 is 6.12. The van der Waals surface area contributed by atoms with Gasteiger partial charge in [-0.2, -0.15) is 0 Å². The second-order valence-electron chi connectivity index (χ2n) is 5.17. The van der Waals surface area contributed by atoms with Crippen LogP contribution in [0, 0.1) is 6.92 Å². The van der Waals surface area contributed by atoms with Gasteiger partial charge >= 0.3 is 0 Å². The van der Waals surface area contributed by atoms with E-state index in [1.807, 2.05) is 25.1 Å². The van der Waals surface area contributed by atoms with Crippen molar-refractivity contribution in [3.63, 3.8) is 0 Å². The summed E-state index contributed by atoms with van der Waals surface area (Å²) in [6.45, 7) is 1.64. The summed E-state index contributed by atoms with van der Waals surface area (Å²) in [5.74, 6) is 0.362. The van der Waals surface area contributed by atoms with Crippen LogP contribution >= 0.6 is 11.6 Å². The number of hydrogen-bond acceptors (Lipinski definition) is 3. The minimum absolute atomic E-state index is 0.103. The monoisotopic (exact) mass is 326 g/mol. The number of aryl methyl sites for hydroxylation is 1. The number of ketones is 1. The van der Waals surface area contributed by atoms with Gasteiger partial charge in [0.05, 0.1) is 5.69 Å². The Hall–Kier alpha value is -2.43. The van der Waals surface area contributed by atoms with Crippen LogP contribution in [0.25, 0.3) is 5.69 Å². The minimum Gasteiger partial charge on any atom is -0.388 e. The van der Waals surface area contributed by atoms with E-state index in [-0.39, 0.29) is 12.4 Å². The van der Waals surface area contributed by atoms with Gasteiger partial charge in [0.2, 0.25) is 0 Å². The maximum absolute atomic E-state index is 12.8. The summed E-state index contributed by atoms with van der Waals surface area (Å²) < 4.78 is 1.75. The molecule has 0 saturated carbocycles. The lowest BCUT2D eigenvalue weighted by Crippen LogP contribution is -2.11. The first-order valence-corrected chi connectivity index (χ1v) is 7.53. The Kier molecular flexibility index (Phi) is 4.28. The second kappa shape index (κ2) is 6.36. The molecule has 3 aromatic rings. The van der Waals surface area contributed by atoms with E-state index in [1.54, 1.807) is 41.1 Å². The Bertz CT molecular complexity index is 857. The fraction of sp³-hybridized carbons (Fsp3) is 0.111. The average Bonchev–Trinajstić information content (AvgIpc) is 2.95. The molecule has 0 amide bonds. The van der Waals surface area contributed by atoms with Crippen LogP contribution in [0.3, 0.4) is 0 Å². The lowest BCUT2D eigenvalue weighted by molar-refractivity contribution is 0.103. The van der Waals surface area contributed by atoms with Gasteiger partial charge in [-0.05, 0) is 25.1 Å². The third-order valence-electron chi connectivity index (χ3n) is 3.63. The summed E-state index contributed by atoms with van der Waals surface area (Å²) in [6.07, 6.45) is 1.66. The van der Waals surface area contributed by atoms with Gasteiger partial charge in [-0.1, -0.05) is 41.9 Å². The highest BCUT2D eigenvalue weighted by molar-refractivity contribution is 6.31. The van der Waals surface area contributed by atoms with E-state index < -0.39 is 0 Å². The number of imidazole rings is 1. The standard InChI is InChI=1S/C18H15ClN2O2/c1-12-10-20-17(11-22)21(12)16-9-14(19)7-8-15(16)18(23)13-5-3-2-4-6-13/h2-10,22H,11H2,1H3. The van der Waals surface area contributed by atoms with E-state index in [9.17, 15) is 9.90 Å². The van der Waals surface area contributed by atoms with Gasteiger partial charge in [-0.15, -0.1) is 0 Å². The maximum atomic E-state index is 12.8. The molecule has 23 heavy (non-hydrogen) atoms. The van der Waals surface area contributed by atoms with Crippen LogP contribution in [-0.2, 0) is 6.61 Å². The zero-order valence-electron chi connectivity index (χ0n) is 12.5. The van der Waals surface area contributed by atoms with Crippen LogP contribution < -0.4 is 0 Å². The first-order chi connectivity index (χ1) is 11.1. The van der Waals surface area contributed by atoms with Gasteiger partial charge in [-0.3, -0.25) is 9.36 Å². The Morgan fingerprint density at radius 1 is 1.22 bits per heavy atom. The number of aliphatic hydroxyl groups excluding tert-OH is 1. The van der Waals surface area contributed by atoms with E-state index in [4.69, 9.17) is 11.6 Å². The number of aromatic nitrogens is 2. The van der Waals surface area contributed by atoms with Gasteiger partial charge in [0, 0.05) is 28.0 Å². The molecule has 0 radical (unpaired) electrons. The largest absolute Gasteiger partial charge is 0.388 e. The molecule has 0 aliphatic heterocycles. The second-order valence-corrected chi connectivity index (χ2v) is 5.60. The molecule has 3 rings (SSSR count). The number of nitrogens with zero attached hydrogens (tertiary/aromatic N) is 2. The molecule has 1 aromatic heterocycles. The van der Waals surface area contributed by atoms with Crippen molar-refractivity contribution in [1.82, 2.24) is 9.55 Å². The summed E-state index contributed by atoms with van der Waals surface area (Å²) in [5, 5.41) is 10.0. The van der Waals surface area contributed by atoms with Crippen molar-refractivity contribution in [1.29, 1.82) is 0 Å². The van der Waals surface area contributed by atoms with Gasteiger partial charge in [0.25, 0.3) is 0 Å². The van der Waals surface area contributed by atoms with Crippen molar-refractivity contribution < 1.29 is 9.90 Å². The van der Waals surface area contributed by atoms with Crippen LogP contribution in [0.1, 0.15) is 27.4 Å². The molecule has 0 saturated heterocycles. The third-order valence-corrected chi connectivity index (χ3v) is 3.87. The zero-order chi connectivity index (χ0) is 16.4. The van der Waals surface area contributed by atoms with E-state index in [1.165, 1.54) is 0 Å². The predicted molar refractivity (Wildman–Crippen MR) is 89.1 cm³/mol. The highest BCUT2D eigenvalue weighted by atomic mass is 35.5. The van der Waals surface area contributed by atoms with Gasteiger partial charge in [-0.25, -0.2) is 4.98 Å². The van der Waals surface area contributed by atoms with Crippen molar-refractivity contribution in [2.45, 2.75) is 13.5 Å². The molecule has 0 aliphatic carbocycles. The van der Waals surface area contributed by atoms with Crippen molar-refractivity contribution in [2.75, 3.05) is 0 Å². The molecule has 0 aliphatic rings. The molecular formula is C18H15ClN2O2. The molecule has 1 heterocycles. The number of benzene rings is 2. The summed E-state index contributed by atoms with van der Waals surface area (Å²) in [7, 11) is 0. The van der Waals surface area contributed by atoms with Crippen LogP contribution in [0.5, 0.6) is 0 Å². The third kappa shape index (κ3) is 2.91. The molecule has 2 aromatic carbocycles. The van der Waals surface area contributed by atoms with Crippen molar-refractivity contribution in [2.24, 2.45) is 0 Å². The molecule has 0 atom stereocenters. The maximum Gasteiger partial charge on any atom is 0.195 e. The number of carbonyl (C=O) groups excluding carboxylic acids is 1. The quantitative estimate of drug-likeness (QED) is 0.746. The average molecular weight is 327 g/mol. The van der Waals surface area contributed by atoms with Crippen molar-refractivity contribution >= 4 is 17.4 Å². The van der Waals surface area contributed by atoms with Crippen LogP contribution in [0.2, 0.25) is 5.02 Å². The summed E-state index contributed by atoms with van der Waals surface area (Å²) in [6, 6.07) is 14.2. The molecule has 0 fully saturated rings. The number of halogens is 1. The molecule has 0 bridgehead atoms. The molecule has 5 heteroatoms. The Morgan fingerprint density at radius 2 is 1.96 bits per heavy atom. The topological polar surface area (TPSA) is 55.1 Å². The molecule has 1 N–H and O–H groups in total. The van der Waals surface area contributed by atoms with Crippen molar-refractivity contribution in [3.8, 4) is 5.69 Å². The van der Waals surface area contributed by atoms with Crippen molar-refractivity contribution in [3.05, 3.63) is 82.4 Å². The lowest BCUT2D eigenvalue weighted by Gasteiger charge is -2.14. The van der Waals surface area contributed by atoms with E-state index in [2.05, 4.69) is 4.98 Å². The highest BCUT2D eigenvalue weighted by Crippen LogP contribution is 2.25. The fourth-order valence-corrected chi connectivity index (χ4v) is 2.72. The van der Waals surface area contributed by atoms with Gasteiger partial charge in [0.1, 0.15) is 12.4 Å². The molecular weight excluding hydrogens is 312 g/mol. The van der Waals surface area contributed by atoms with Gasteiger partial charge < -0.3 is 5.11 Å². The number of carbonyl (C=O) groups is 1. The fourth-order valence-electron chi connectivity index (χ4n) is 2.55. The van der Waals surface area contributed by atoms with E-state index in [0.717, 1.165) is 5.69 Å². The Labute approximate surface area is 139 Å². The normalized spacial score (nSPS) is 10.7. The summed E-state index contributed by atoms with van der Waals surface area (Å²) in [5.41, 5.74) is 2.54. The molecule has 4 nitrogen and oxygen atoms in total.